The fourth-order valence-electron chi connectivity index (χ4n) is 0.715. The van der Waals surface area contributed by atoms with E-state index in [9.17, 15) is 35.2 Å². The number of halogens is 5. The minimum absolute atomic E-state index is 0.363. The van der Waals surface area contributed by atoms with Gasteiger partial charge in [-0.2, -0.15) is 22.0 Å². The Kier molecular flexibility index (Phi) is 4.83. The fourth-order valence-corrected chi connectivity index (χ4v) is 1.26. The van der Waals surface area contributed by atoms with Crippen LogP contribution in [0.1, 0.15) is 6.42 Å². The quantitative estimate of drug-likeness (QED) is 0.549. The first kappa shape index (κ1) is 16.0. The van der Waals surface area contributed by atoms with Crippen LogP contribution in [0.15, 0.2) is 0 Å². The van der Waals surface area contributed by atoms with E-state index in [1.54, 1.807) is 0 Å². The number of alkyl halides is 5. The van der Waals surface area contributed by atoms with E-state index in [1.807, 2.05) is 0 Å². The standard InChI is InChI=1S/C6H9F5N2O3S/c7-5(8,6(9,10)11)4(14)13-2-1-3-17(12,15)16/h1-3H2,(H,13,14)(H2,12,15,16). The molecular formula is C6H9F5N2O3S. The minimum Gasteiger partial charge on any atom is -0.351 e. The van der Waals surface area contributed by atoms with Crippen LogP contribution in [0.25, 0.3) is 0 Å². The highest BCUT2D eigenvalue weighted by molar-refractivity contribution is 7.89. The molecule has 17 heavy (non-hydrogen) atoms. The Morgan fingerprint density at radius 3 is 2.00 bits per heavy atom. The molecule has 0 saturated carbocycles. The zero-order valence-electron chi connectivity index (χ0n) is 8.22. The van der Waals surface area contributed by atoms with Crippen molar-refractivity contribution in [2.24, 2.45) is 5.14 Å². The summed E-state index contributed by atoms with van der Waals surface area (Å²) in [7, 11) is -3.85. The van der Waals surface area contributed by atoms with Crippen molar-refractivity contribution in [3.05, 3.63) is 0 Å². The van der Waals surface area contributed by atoms with Gasteiger partial charge in [0.05, 0.1) is 5.75 Å². The maximum absolute atomic E-state index is 12.3. The molecule has 0 aromatic heterocycles. The highest BCUT2D eigenvalue weighted by Gasteiger charge is 2.63. The van der Waals surface area contributed by atoms with Gasteiger partial charge in [0.15, 0.2) is 0 Å². The van der Waals surface area contributed by atoms with Gasteiger partial charge in [-0.3, -0.25) is 4.79 Å². The number of hydrogen-bond donors (Lipinski definition) is 2. The molecule has 0 aliphatic heterocycles. The average molecular weight is 284 g/mol. The maximum atomic E-state index is 12.3. The molecule has 0 rings (SSSR count). The summed E-state index contributed by atoms with van der Waals surface area (Å²) in [6.07, 6.45) is -6.35. The molecule has 0 aliphatic rings. The molecule has 1 amide bonds. The van der Waals surface area contributed by atoms with Gasteiger partial charge in [0.1, 0.15) is 0 Å². The molecule has 0 fully saturated rings. The van der Waals surface area contributed by atoms with E-state index in [2.05, 4.69) is 5.14 Å². The molecule has 5 nitrogen and oxygen atoms in total. The minimum atomic E-state index is -5.99. The largest absolute Gasteiger partial charge is 0.463 e. The predicted octanol–water partition coefficient (Wildman–Crippen LogP) is -0.0212. The zero-order valence-corrected chi connectivity index (χ0v) is 9.04. The van der Waals surface area contributed by atoms with Gasteiger partial charge in [-0.15, -0.1) is 0 Å². The van der Waals surface area contributed by atoms with E-state index in [-0.39, 0.29) is 6.42 Å². The highest BCUT2D eigenvalue weighted by Crippen LogP contribution is 2.35. The second kappa shape index (κ2) is 5.12. The lowest BCUT2D eigenvalue weighted by atomic mass is 10.3. The third-order valence-electron chi connectivity index (χ3n) is 1.53. The number of hydrogen-bond acceptors (Lipinski definition) is 3. The van der Waals surface area contributed by atoms with Gasteiger partial charge >= 0.3 is 12.1 Å². The molecule has 0 unspecified atom stereocenters. The van der Waals surface area contributed by atoms with Gasteiger partial charge < -0.3 is 5.32 Å². The van der Waals surface area contributed by atoms with Crippen LogP contribution in [-0.4, -0.2) is 38.7 Å². The lowest BCUT2D eigenvalue weighted by molar-refractivity contribution is -0.269. The Balaban J connectivity index is 4.21. The first-order valence-electron chi connectivity index (χ1n) is 4.11. The Bertz CT molecular complexity index is 378. The molecule has 0 atom stereocenters. The normalized spacial score (nSPS) is 13.5. The van der Waals surface area contributed by atoms with E-state index in [4.69, 9.17) is 0 Å². The molecule has 0 bridgehead atoms. The van der Waals surface area contributed by atoms with Gasteiger partial charge in [-0.05, 0) is 6.42 Å². The topological polar surface area (TPSA) is 89.3 Å². The Labute approximate surface area is 93.2 Å². The summed E-state index contributed by atoms with van der Waals surface area (Å²) in [6, 6.07) is 0. The van der Waals surface area contributed by atoms with Crippen LogP contribution < -0.4 is 10.5 Å². The van der Waals surface area contributed by atoms with Crippen molar-refractivity contribution in [3.63, 3.8) is 0 Å². The van der Waals surface area contributed by atoms with Crippen LogP contribution in [0, 0.1) is 0 Å². The SMILES string of the molecule is NS(=O)(=O)CCCNC(=O)C(F)(F)C(F)(F)F. The highest BCUT2D eigenvalue weighted by atomic mass is 32.2. The summed E-state index contributed by atoms with van der Waals surface area (Å²) < 4.78 is 80.3. The zero-order chi connectivity index (χ0) is 13.9. The van der Waals surface area contributed by atoms with Crippen molar-refractivity contribution in [1.29, 1.82) is 0 Å². The van der Waals surface area contributed by atoms with Crippen molar-refractivity contribution >= 4 is 15.9 Å². The van der Waals surface area contributed by atoms with Crippen molar-refractivity contribution < 1.29 is 35.2 Å². The van der Waals surface area contributed by atoms with Gasteiger partial charge in [-0.1, -0.05) is 0 Å². The molecule has 0 aromatic carbocycles. The van der Waals surface area contributed by atoms with Crippen LogP contribution in [-0.2, 0) is 14.8 Å². The number of carbonyl (C=O) groups excluding carboxylic acids is 1. The second-order valence-corrected chi connectivity index (χ2v) is 4.78. The number of nitrogens with one attached hydrogen (secondary N) is 1. The Hall–Kier alpha value is -0.970. The first-order valence-corrected chi connectivity index (χ1v) is 5.83. The van der Waals surface area contributed by atoms with Crippen molar-refractivity contribution in [2.45, 2.75) is 18.5 Å². The van der Waals surface area contributed by atoms with Crippen LogP contribution in [0.2, 0.25) is 0 Å². The number of rotatable bonds is 5. The number of sulfonamides is 1. The summed E-state index contributed by atoms with van der Waals surface area (Å²) >= 11 is 0. The molecule has 0 spiro atoms. The molecule has 0 radical (unpaired) electrons. The maximum Gasteiger partial charge on any atom is 0.463 e. The lowest BCUT2D eigenvalue weighted by Crippen LogP contribution is -2.50. The molecule has 3 N–H and O–H groups in total. The summed E-state index contributed by atoms with van der Waals surface area (Å²) in [6.45, 7) is -0.652. The molecular weight excluding hydrogens is 275 g/mol. The third kappa shape index (κ3) is 5.26. The fraction of sp³-hybridized carbons (Fsp3) is 0.833. The van der Waals surface area contributed by atoms with Crippen LogP contribution in [0.5, 0.6) is 0 Å². The molecule has 0 aromatic rings. The first-order chi connectivity index (χ1) is 7.38. The van der Waals surface area contributed by atoms with Crippen molar-refractivity contribution in [2.75, 3.05) is 12.3 Å². The van der Waals surface area contributed by atoms with Gasteiger partial charge in [0, 0.05) is 6.54 Å². The summed E-state index contributed by atoms with van der Waals surface area (Å²) in [4.78, 5) is 10.5. The number of carbonyl (C=O) groups is 1. The van der Waals surface area contributed by atoms with E-state index in [1.165, 1.54) is 5.32 Å². The number of primary sulfonamides is 1. The van der Waals surface area contributed by atoms with E-state index in [0.29, 0.717) is 0 Å². The Morgan fingerprint density at radius 1 is 1.18 bits per heavy atom. The van der Waals surface area contributed by atoms with Gasteiger partial charge in [-0.25, -0.2) is 13.6 Å². The molecule has 11 heteroatoms. The average Bonchev–Trinajstić information content (AvgIpc) is 2.08. The summed E-state index contributed by atoms with van der Waals surface area (Å²) in [5, 5.41) is 5.81. The molecule has 0 saturated heterocycles. The van der Waals surface area contributed by atoms with E-state index in [0.717, 1.165) is 0 Å². The van der Waals surface area contributed by atoms with Crippen LogP contribution in [0.3, 0.4) is 0 Å². The number of nitrogens with two attached hydrogens (primary N) is 1. The smallest absolute Gasteiger partial charge is 0.351 e. The predicted molar refractivity (Wildman–Crippen MR) is 46.6 cm³/mol. The van der Waals surface area contributed by atoms with E-state index < -0.39 is 40.3 Å². The lowest BCUT2D eigenvalue weighted by Gasteiger charge is -2.18. The van der Waals surface area contributed by atoms with Gasteiger partial charge in [0.2, 0.25) is 10.0 Å². The van der Waals surface area contributed by atoms with Crippen LogP contribution in [0.4, 0.5) is 22.0 Å². The van der Waals surface area contributed by atoms with Crippen molar-refractivity contribution in [1.82, 2.24) is 5.32 Å². The third-order valence-corrected chi connectivity index (χ3v) is 2.39. The monoisotopic (exact) mass is 284 g/mol. The van der Waals surface area contributed by atoms with E-state index >= 15 is 0 Å². The summed E-state index contributed by atoms with van der Waals surface area (Å²) in [5.41, 5.74) is 0. The number of amides is 1. The van der Waals surface area contributed by atoms with Gasteiger partial charge in [0.25, 0.3) is 5.91 Å². The Morgan fingerprint density at radius 2 is 1.65 bits per heavy atom. The summed E-state index contributed by atoms with van der Waals surface area (Å²) in [5.74, 6) is -8.67. The van der Waals surface area contributed by atoms with Crippen LogP contribution >= 0.6 is 0 Å². The second-order valence-electron chi connectivity index (χ2n) is 3.05. The molecule has 0 aliphatic carbocycles. The van der Waals surface area contributed by atoms with Crippen molar-refractivity contribution in [3.8, 4) is 0 Å². The molecule has 102 valence electrons. The molecule has 0 heterocycles.